The Bertz CT molecular complexity index is 459. The van der Waals surface area contributed by atoms with E-state index < -0.39 is 6.10 Å². The van der Waals surface area contributed by atoms with E-state index in [0.717, 1.165) is 16.7 Å². The van der Waals surface area contributed by atoms with Crippen LogP contribution < -0.4 is 0 Å². The zero-order valence-electron chi connectivity index (χ0n) is 8.90. The van der Waals surface area contributed by atoms with Gasteiger partial charge in [-0.1, -0.05) is 29.8 Å². The fraction of sp³-hybridized carbons (Fsp3) is 0.231. The van der Waals surface area contributed by atoms with Crippen molar-refractivity contribution in [3.8, 4) is 0 Å². The van der Waals surface area contributed by atoms with Gasteiger partial charge in [0.15, 0.2) is 0 Å². The molecule has 0 aliphatic heterocycles. The number of benzene rings is 1. The maximum absolute atomic E-state index is 10.2. The summed E-state index contributed by atoms with van der Waals surface area (Å²) in [5.74, 6) is 0. The quantitative estimate of drug-likeness (QED) is 0.818. The summed E-state index contributed by atoms with van der Waals surface area (Å²) in [6.07, 6.45) is -0.490. The molecule has 0 aliphatic carbocycles. The topological polar surface area (TPSA) is 20.2 Å². The van der Waals surface area contributed by atoms with Gasteiger partial charge in [-0.2, -0.15) is 11.3 Å². The fourth-order valence-electron chi connectivity index (χ4n) is 1.67. The molecule has 1 unspecified atom stereocenters. The van der Waals surface area contributed by atoms with Gasteiger partial charge in [0.25, 0.3) is 0 Å². The summed E-state index contributed by atoms with van der Waals surface area (Å²) >= 11 is 1.63. The highest BCUT2D eigenvalue weighted by Gasteiger charge is 2.13. The highest BCUT2D eigenvalue weighted by atomic mass is 32.1. The van der Waals surface area contributed by atoms with Crippen molar-refractivity contribution in [1.82, 2.24) is 0 Å². The van der Waals surface area contributed by atoms with Gasteiger partial charge in [-0.05, 0) is 41.3 Å². The third-order valence-corrected chi connectivity index (χ3v) is 3.43. The van der Waals surface area contributed by atoms with Crippen LogP contribution in [0.25, 0.3) is 0 Å². The minimum absolute atomic E-state index is 0.490. The van der Waals surface area contributed by atoms with Crippen LogP contribution in [0.4, 0.5) is 0 Å². The van der Waals surface area contributed by atoms with E-state index in [-0.39, 0.29) is 0 Å². The minimum Gasteiger partial charge on any atom is -0.384 e. The van der Waals surface area contributed by atoms with Gasteiger partial charge in [-0.3, -0.25) is 0 Å². The highest BCUT2D eigenvalue weighted by Crippen LogP contribution is 2.27. The van der Waals surface area contributed by atoms with Crippen LogP contribution in [0.15, 0.2) is 35.0 Å². The Kier molecular flexibility index (Phi) is 2.89. The lowest BCUT2D eigenvalue weighted by atomic mass is 10.00. The first-order valence-corrected chi connectivity index (χ1v) is 5.90. The van der Waals surface area contributed by atoms with Gasteiger partial charge in [0.05, 0.1) is 0 Å². The molecular formula is C13H14OS. The Balaban J connectivity index is 2.36. The Labute approximate surface area is 94.0 Å². The first kappa shape index (κ1) is 10.4. The second kappa shape index (κ2) is 4.17. The third-order valence-electron chi connectivity index (χ3n) is 2.55. The largest absolute Gasteiger partial charge is 0.384 e. The molecule has 15 heavy (non-hydrogen) atoms. The molecule has 1 aromatic carbocycles. The first-order valence-electron chi connectivity index (χ1n) is 4.96. The van der Waals surface area contributed by atoms with Gasteiger partial charge in [-0.15, -0.1) is 0 Å². The summed E-state index contributed by atoms with van der Waals surface area (Å²) in [4.78, 5) is 0. The summed E-state index contributed by atoms with van der Waals surface area (Å²) in [5, 5.41) is 14.3. The standard InChI is InChI=1S/C13H14OS/c1-9-4-3-5-11(6-9)13(14)12-8-15-7-10(12)2/h3-8,13-14H,1-2H3. The minimum atomic E-state index is -0.490. The van der Waals surface area contributed by atoms with Crippen molar-refractivity contribution in [2.45, 2.75) is 20.0 Å². The number of aryl methyl sites for hydroxylation is 2. The Morgan fingerprint density at radius 3 is 2.60 bits per heavy atom. The number of rotatable bonds is 2. The van der Waals surface area contributed by atoms with E-state index in [1.54, 1.807) is 11.3 Å². The number of aliphatic hydroxyl groups excluding tert-OH is 1. The van der Waals surface area contributed by atoms with Gasteiger partial charge < -0.3 is 5.11 Å². The summed E-state index contributed by atoms with van der Waals surface area (Å²) in [7, 11) is 0. The first-order chi connectivity index (χ1) is 7.18. The third kappa shape index (κ3) is 2.11. The van der Waals surface area contributed by atoms with Crippen LogP contribution in [0, 0.1) is 13.8 Å². The van der Waals surface area contributed by atoms with E-state index in [1.165, 1.54) is 5.56 Å². The second-order valence-electron chi connectivity index (χ2n) is 3.83. The summed E-state index contributed by atoms with van der Waals surface area (Å²) in [6, 6.07) is 8.02. The predicted octanol–water partition coefficient (Wildman–Crippen LogP) is 3.45. The Hall–Kier alpha value is -1.12. The van der Waals surface area contributed by atoms with Crippen molar-refractivity contribution in [2.24, 2.45) is 0 Å². The zero-order valence-corrected chi connectivity index (χ0v) is 9.71. The van der Waals surface area contributed by atoms with Crippen molar-refractivity contribution in [2.75, 3.05) is 0 Å². The summed E-state index contributed by atoms with van der Waals surface area (Å²) in [6.45, 7) is 4.07. The smallest absolute Gasteiger partial charge is 0.105 e. The van der Waals surface area contributed by atoms with Crippen LogP contribution in [0.2, 0.25) is 0 Å². The van der Waals surface area contributed by atoms with Crippen molar-refractivity contribution >= 4 is 11.3 Å². The fourth-order valence-corrected chi connectivity index (χ4v) is 2.54. The molecule has 1 N–H and O–H groups in total. The molecule has 1 heterocycles. The van der Waals surface area contributed by atoms with E-state index in [2.05, 4.69) is 5.38 Å². The van der Waals surface area contributed by atoms with Gasteiger partial charge >= 0.3 is 0 Å². The van der Waals surface area contributed by atoms with Crippen LogP contribution in [-0.4, -0.2) is 5.11 Å². The van der Waals surface area contributed by atoms with Crippen LogP contribution in [-0.2, 0) is 0 Å². The predicted molar refractivity (Wildman–Crippen MR) is 64.3 cm³/mol. The number of hydrogen-bond acceptors (Lipinski definition) is 2. The van der Waals surface area contributed by atoms with Crippen LogP contribution in [0.5, 0.6) is 0 Å². The molecule has 0 saturated heterocycles. The lowest BCUT2D eigenvalue weighted by molar-refractivity contribution is 0.220. The van der Waals surface area contributed by atoms with Crippen molar-refractivity contribution in [3.05, 3.63) is 57.3 Å². The molecule has 1 atom stereocenters. The molecule has 0 amide bonds. The van der Waals surface area contributed by atoms with Gasteiger partial charge in [-0.25, -0.2) is 0 Å². The van der Waals surface area contributed by atoms with Crippen molar-refractivity contribution < 1.29 is 5.11 Å². The van der Waals surface area contributed by atoms with E-state index in [9.17, 15) is 5.11 Å². The van der Waals surface area contributed by atoms with Crippen LogP contribution in [0.3, 0.4) is 0 Å². The van der Waals surface area contributed by atoms with Crippen molar-refractivity contribution in [3.63, 3.8) is 0 Å². The molecule has 78 valence electrons. The van der Waals surface area contributed by atoms with Gasteiger partial charge in [0.2, 0.25) is 0 Å². The monoisotopic (exact) mass is 218 g/mol. The van der Waals surface area contributed by atoms with Crippen LogP contribution >= 0.6 is 11.3 Å². The molecule has 0 radical (unpaired) electrons. The maximum atomic E-state index is 10.2. The Morgan fingerprint density at radius 2 is 2.00 bits per heavy atom. The SMILES string of the molecule is Cc1cccc(C(O)c2cscc2C)c1. The molecule has 2 rings (SSSR count). The maximum Gasteiger partial charge on any atom is 0.105 e. The molecular weight excluding hydrogens is 204 g/mol. The second-order valence-corrected chi connectivity index (χ2v) is 4.57. The van der Waals surface area contributed by atoms with Crippen LogP contribution in [0.1, 0.15) is 28.4 Å². The summed E-state index contributed by atoms with van der Waals surface area (Å²) in [5.41, 5.74) is 4.33. The lowest BCUT2D eigenvalue weighted by Crippen LogP contribution is -1.99. The average Bonchev–Trinajstić information content (AvgIpc) is 2.63. The van der Waals surface area contributed by atoms with Crippen molar-refractivity contribution in [1.29, 1.82) is 0 Å². The van der Waals surface area contributed by atoms with E-state index in [1.807, 2.05) is 43.5 Å². The molecule has 0 bridgehead atoms. The van der Waals surface area contributed by atoms with E-state index >= 15 is 0 Å². The molecule has 0 fully saturated rings. The molecule has 1 aromatic heterocycles. The highest BCUT2D eigenvalue weighted by molar-refractivity contribution is 7.08. The van der Waals surface area contributed by atoms with E-state index in [4.69, 9.17) is 0 Å². The number of aliphatic hydroxyl groups is 1. The molecule has 0 spiro atoms. The van der Waals surface area contributed by atoms with Gasteiger partial charge in [0, 0.05) is 0 Å². The number of hydrogen-bond donors (Lipinski definition) is 1. The zero-order chi connectivity index (χ0) is 10.8. The van der Waals surface area contributed by atoms with E-state index in [0.29, 0.717) is 0 Å². The molecule has 2 heteroatoms. The lowest BCUT2D eigenvalue weighted by Gasteiger charge is -2.11. The molecule has 0 aliphatic rings. The molecule has 0 saturated carbocycles. The van der Waals surface area contributed by atoms with Gasteiger partial charge in [0.1, 0.15) is 6.10 Å². The summed E-state index contributed by atoms with van der Waals surface area (Å²) < 4.78 is 0. The Morgan fingerprint density at radius 1 is 1.20 bits per heavy atom. The normalized spacial score (nSPS) is 12.7. The number of thiophene rings is 1. The average molecular weight is 218 g/mol. The molecule has 1 nitrogen and oxygen atoms in total. The molecule has 2 aromatic rings.